The van der Waals surface area contributed by atoms with E-state index in [0.29, 0.717) is 28.3 Å². The van der Waals surface area contributed by atoms with Crippen molar-refractivity contribution in [2.24, 2.45) is 0 Å². The zero-order chi connectivity index (χ0) is 22.5. The summed E-state index contributed by atoms with van der Waals surface area (Å²) in [6.07, 6.45) is 3.13. The van der Waals surface area contributed by atoms with Crippen molar-refractivity contribution in [2.75, 3.05) is 5.32 Å². The lowest BCUT2D eigenvalue weighted by molar-refractivity contribution is 0.0950. The third-order valence-electron chi connectivity index (χ3n) is 4.65. The highest BCUT2D eigenvalue weighted by molar-refractivity contribution is 5.95. The Morgan fingerprint density at radius 2 is 1.56 bits per heavy atom. The lowest BCUT2D eigenvalue weighted by atomic mass is 10.1. The number of benzene rings is 3. The number of carbonyl (C=O) groups excluding carboxylic acids is 1. The van der Waals surface area contributed by atoms with Crippen molar-refractivity contribution in [1.29, 1.82) is 0 Å². The van der Waals surface area contributed by atoms with Crippen LogP contribution in [0.2, 0.25) is 0 Å². The lowest BCUT2D eigenvalue weighted by Crippen LogP contribution is -2.23. The molecule has 1 aromatic heterocycles. The largest absolute Gasteiger partial charge is 0.348 e. The highest BCUT2D eigenvalue weighted by Crippen LogP contribution is 2.20. The second-order valence-electron chi connectivity index (χ2n) is 6.93. The number of anilines is 2. The normalized spacial score (nSPS) is 10.6. The first-order valence-electron chi connectivity index (χ1n) is 9.65. The minimum Gasteiger partial charge on any atom is -0.348 e. The van der Waals surface area contributed by atoms with E-state index in [9.17, 15) is 18.0 Å². The summed E-state index contributed by atoms with van der Waals surface area (Å²) in [5.41, 5.74) is 2.42. The van der Waals surface area contributed by atoms with E-state index in [1.54, 1.807) is 48.8 Å². The zero-order valence-electron chi connectivity index (χ0n) is 16.6. The SMILES string of the molecule is O=C(NCc1ccc(F)cc1F)c1cccc(Nc2ncc(-c3cccc(F)c3)cn2)c1. The van der Waals surface area contributed by atoms with Crippen LogP contribution in [0.1, 0.15) is 15.9 Å². The average molecular weight is 434 g/mol. The summed E-state index contributed by atoms with van der Waals surface area (Å²) in [5, 5.41) is 5.61. The number of amides is 1. The molecule has 0 aliphatic rings. The molecule has 0 spiro atoms. The van der Waals surface area contributed by atoms with Crippen molar-refractivity contribution in [1.82, 2.24) is 15.3 Å². The highest BCUT2D eigenvalue weighted by atomic mass is 19.1. The van der Waals surface area contributed by atoms with Gasteiger partial charge in [0.2, 0.25) is 5.95 Å². The van der Waals surface area contributed by atoms with Crippen LogP contribution in [0, 0.1) is 17.5 Å². The van der Waals surface area contributed by atoms with Gasteiger partial charge in [0.25, 0.3) is 5.91 Å². The molecule has 32 heavy (non-hydrogen) atoms. The monoisotopic (exact) mass is 434 g/mol. The van der Waals surface area contributed by atoms with Gasteiger partial charge in [0, 0.05) is 47.4 Å². The molecule has 1 amide bonds. The number of nitrogens with zero attached hydrogens (tertiary/aromatic N) is 2. The highest BCUT2D eigenvalue weighted by Gasteiger charge is 2.10. The molecule has 4 rings (SSSR count). The molecule has 0 saturated heterocycles. The van der Waals surface area contributed by atoms with Crippen LogP contribution in [0.3, 0.4) is 0 Å². The Morgan fingerprint density at radius 1 is 0.812 bits per heavy atom. The Labute approximate surface area is 182 Å². The molecule has 3 aromatic carbocycles. The Balaban J connectivity index is 1.42. The summed E-state index contributed by atoms with van der Waals surface area (Å²) < 4.78 is 40.1. The zero-order valence-corrected chi connectivity index (χ0v) is 16.6. The second kappa shape index (κ2) is 9.30. The van der Waals surface area contributed by atoms with Gasteiger partial charge in [-0.3, -0.25) is 4.79 Å². The van der Waals surface area contributed by atoms with Crippen molar-refractivity contribution < 1.29 is 18.0 Å². The molecule has 0 atom stereocenters. The fraction of sp³-hybridized carbons (Fsp3) is 0.0417. The van der Waals surface area contributed by atoms with Crippen LogP contribution < -0.4 is 10.6 Å². The first-order valence-corrected chi connectivity index (χ1v) is 9.65. The fourth-order valence-corrected chi connectivity index (χ4v) is 3.02. The average Bonchev–Trinajstić information content (AvgIpc) is 2.79. The van der Waals surface area contributed by atoms with E-state index in [1.807, 2.05) is 0 Å². The number of halogens is 3. The molecule has 0 aliphatic heterocycles. The van der Waals surface area contributed by atoms with Gasteiger partial charge in [-0.1, -0.05) is 24.3 Å². The van der Waals surface area contributed by atoms with Crippen LogP contribution in [-0.4, -0.2) is 15.9 Å². The van der Waals surface area contributed by atoms with E-state index in [4.69, 9.17) is 0 Å². The predicted molar refractivity (Wildman–Crippen MR) is 115 cm³/mol. The Kier molecular flexibility index (Phi) is 6.12. The first-order chi connectivity index (χ1) is 15.5. The smallest absolute Gasteiger partial charge is 0.251 e. The number of hydrogen-bond acceptors (Lipinski definition) is 4. The van der Waals surface area contributed by atoms with E-state index >= 15 is 0 Å². The number of rotatable bonds is 6. The predicted octanol–water partition coefficient (Wildman–Crippen LogP) is 5.23. The number of nitrogens with one attached hydrogen (secondary N) is 2. The molecule has 0 saturated carbocycles. The van der Waals surface area contributed by atoms with Gasteiger partial charge < -0.3 is 10.6 Å². The maximum atomic E-state index is 13.7. The van der Waals surface area contributed by atoms with Crippen molar-refractivity contribution >= 4 is 17.5 Å². The Hall–Kier alpha value is -4.20. The lowest BCUT2D eigenvalue weighted by Gasteiger charge is -2.09. The molecule has 160 valence electrons. The number of aromatic nitrogens is 2. The topological polar surface area (TPSA) is 66.9 Å². The van der Waals surface area contributed by atoms with Crippen molar-refractivity contribution in [3.8, 4) is 11.1 Å². The molecule has 0 unspecified atom stereocenters. The van der Waals surface area contributed by atoms with E-state index in [2.05, 4.69) is 20.6 Å². The van der Waals surface area contributed by atoms with Gasteiger partial charge in [-0.15, -0.1) is 0 Å². The molecule has 2 N–H and O–H groups in total. The molecule has 8 heteroatoms. The maximum Gasteiger partial charge on any atom is 0.251 e. The third-order valence-corrected chi connectivity index (χ3v) is 4.65. The van der Waals surface area contributed by atoms with Gasteiger partial charge in [0.15, 0.2) is 0 Å². The quantitative estimate of drug-likeness (QED) is 0.436. The van der Waals surface area contributed by atoms with Gasteiger partial charge in [-0.2, -0.15) is 0 Å². The molecule has 5 nitrogen and oxygen atoms in total. The van der Waals surface area contributed by atoms with Crippen LogP contribution in [-0.2, 0) is 6.54 Å². The van der Waals surface area contributed by atoms with Gasteiger partial charge in [0.05, 0.1) is 0 Å². The van der Waals surface area contributed by atoms with Gasteiger partial charge in [0.1, 0.15) is 17.5 Å². The molecule has 1 heterocycles. The van der Waals surface area contributed by atoms with Crippen LogP contribution in [0.15, 0.2) is 79.1 Å². The summed E-state index contributed by atoms with van der Waals surface area (Å²) in [7, 11) is 0. The summed E-state index contributed by atoms with van der Waals surface area (Å²) in [5.74, 6) is -1.86. The van der Waals surface area contributed by atoms with E-state index in [0.717, 1.165) is 12.1 Å². The van der Waals surface area contributed by atoms with Crippen molar-refractivity contribution in [2.45, 2.75) is 6.54 Å². The number of carbonyl (C=O) groups is 1. The van der Waals surface area contributed by atoms with E-state index in [-0.39, 0.29) is 17.9 Å². The van der Waals surface area contributed by atoms with Crippen LogP contribution in [0.4, 0.5) is 24.8 Å². The maximum absolute atomic E-state index is 13.7. The molecule has 0 aliphatic carbocycles. The van der Waals surface area contributed by atoms with Crippen molar-refractivity contribution in [3.63, 3.8) is 0 Å². The molecule has 0 bridgehead atoms. The number of hydrogen-bond donors (Lipinski definition) is 2. The fourth-order valence-electron chi connectivity index (χ4n) is 3.02. The second-order valence-corrected chi connectivity index (χ2v) is 6.93. The Bertz CT molecular complexity index is 1260. The molecule has 0 radical (unpaired) electrons. The molecular formula is C24H17F3N4O. The summed E-state index contributed by atoms with van der Waals surface area (Å²) in [6.45, 7) is -0.0761. The molecule has 0 fully saturated rings. The molecule has 4 aromatic rings. The van der Waals surface area contributed by atoms with Gasteiger partial charge >= 0.3 is 0 Å². The van der Waals surface area contributed by atoms with Crippen molar-refractivity contribution in [3.05, 3.63) is 108 Å². The first kappa shape index (κ1) is 21.0. The molecular weight excluding hydrogens is 417 g/mol. The Morgan fingerprint density at radius 3 is 2.31 bits per heavy atom. The van der Waals surface area contributed by atoms with Gasteiger partial charge in [-0.05, 0) is 42.0 Å². The van der Waals surface area contributed by atoms with Crippen LogP contribution in [0.5, 0.6) is 0 Å². The summed E-state index contributed by atoms with van der Waals surface area (Å²) in [4.78, 5) is 20.9. The van der Waals surface area contributed by atoms with Gasteiger partial charge in [-0.25, -0.2) is 23.1 Å². The standard InChI is InChI=1S/C24H17F3N4O/c25-19-5-1-3-15(9-19)18-13-29-24(30-14-18)31-21-6-2-4-16(10-21)23(32)28-12-17-7-8-20(26)11-22(17)27/h1-11,13-14H,12H2,(H,28,32)(H,29,30,31). The van der Waals surface area contributed by atoms with E-state index < -0.39 is 17.5 Å². The minimum atomic E-state index is -0.723. The minimum absolute atomic E-state index is 0.0761. The summed E-state index contributed by atoms with van der Waals surface area (Å²) in [6, 6.07) is 15.9. The summed E-state index contributed by atoms with van der Waals surface area (Å²) >= 11 is 0. The third kappa shape index (κ3) is 5.10. The van der Waals surface area contributed by atoms with Crippen LogP contribution >= 0.6 is 0 Å². The van der Waals surface area contributed by atoms with Crippen LogP contribution in [0.25, 0.3) is 11.1 Å². The van der Waals surface area contributed by atoms with E-state index in [1.165, 1.54) is 18.2 Å².